The van der Waals surface area contributed by atoms with Crippen LogP contribution in [0.1, 0.15) is 77.3 Å². The molecule has 1 amide bonds. The summed E-state index contributed by atoms with van der Waals surface area (Å²) in [6.45, 7) is 15.0. The highest BCUT2D eigenvalue weighted by molar-refractivity contribution is 6.62. The van der Waals surface area contributed by atoms with Crippen LogP contribution in [-0.4, -0.2) is 53.7 Å². The predicted molar refractivity (Wildman–Crippen MR) is 126 cm³/mol. The normalized spacial score (nSPS) is 22.0. The number of rotatable bonds is 5. The van der Waals surface area contributed by atoms with Gasteiger partial charge in [0.15, 0.2) is 0 Å². The van der Waals surface area contributed by atoms with E-state index in [1.807, 2.05) is 0 Å². The summed E-state index contributed by atoms with van der Waals surface area (Å²) in [6.07, 6.45) is 2.09. The number of nitrogens with zero attached hydrogens (tertiary/aromatic N) is 1. The van der Waals surface area contributed by atoms with Crippen molar-refractivity contribution in [2.45, 2.75) is 77.4 Å². The molecule has 2 fully saturated rings. The molecular formula is C24H36BN3O3. The lowest BCUT2D eigenvalue weighted by molar-refractivity contribution is -0.119. The Labute approximate surface area is 186 Å². The van der Waals surface area contributed by atoms with E-state index < -0.39 is 7.12 Å². The van der Waals surface area contributed by atoms with Gasteiger partial charge in [0.2, 0.25) is 5.91 Å². The van der Waals surface area contributed by atoms with Crippen LogP contribution in [0, 0.1) is 0 Å². The average Bonchev–Trinajstić information content (AvgIpc) is 3.15. The van der Waals surface area contributed by atoms with E-state index in [-0.39, 0.29) is 17.1 Å². The van der Waals surface area contributed by atoms with Crippen molar-refractivity contribution in [3.8, 4) is 0 Å². The van der Waals surface area contributed by atoms with Crippen LogP contribution >= 0.6 is 0 Å². The molecule has 0 bridgehead atoms. The fourth-order valence-electron chi connectivity index (χ4n) is 4.92. The molecule has 6 nitrogen and oxygen atoms in total. The third-order valence-corrected chi connectivity index (χ3v) is 7.40. The van der Waals surface area contributed by atoms with Crippen LogP contribution in [-0.2, 0) is 14.1 Å². The number of aromatic nitrogens is 1. The summed E-state index contributed by atoms with van der Waals surface area (Å²) < 4.78 is 12.7. The third kappa shape index (κ3) is 4.15. The largest absolute Gasteiger partial charge is 0.512 e. The highest BCUT2D eigenvalue weighted by Gasteiger charge is 2.53. The van der Waals surface area contributed by atoms with Gasteiger partial charge in [-0.3, -0.25) is 9.69 Å². The monoisotopic (exact) mass is 425 g/mol. The van der Waals surface area contributed by atoms with Gasteiger partial charge in [-0.1, -0.05) is 19.9 Å². The average molecular weight is 425 g/mol. The van der Waals surface area contributed by atoms with Gasteiger partial charge in [-0.05, 0) is 88.7 Å². The van der Waals surface area contributed by atoms with Crippen molar-refractivity contribution in [2.24, 2.45) is 5.73 Å². The molecule has 0 saturated carbocycles. The Balaban J connectivity index is 1.63. The minimum absolute atomic E-state index is 0.246. The summed E-state index contributed by atoms with van der Waals surface area (Å²) in [6, 6.07) is 6.79. The Morgan fingerprint density at radius 2 is 1.81 bits per heavy atom. The molecule has 0 atom stereocenters. The maximum Gasteiger partial charge on any atom is 0.512 e. The van der Waals surface area contributed by atoms with E-state index in [4.69, 9.17) is 15.0 Å². The number of carbonyl (C=O) groups is 1. The first-order valence-corrected chi connectivity index (χ1v) is 11.5. The van der Waals surface area contributed by atoms with E-state index in [1.165, 1.54) is 16.5 Å². The number of nitrogens with one attached hydrogen (secondary N) is 1. The minimum atomic E-state index is -0.393. The molecule has 168 valence electrons. The van der Waals surface area contributed by atoms with Gasteiger partial charge in [0.1, 0.15) is 0 Å². The number of fused-ring (bicyclic) bond motifs is 1. The molecule has 3 heterocycles. The third-order valence-electron chi connectivity index (χ3n) is 7.40. The van der Waals surface area contributed by atoms with E-state index >= 15 is 0 Å². The summed E-state index contributed by atoms with van der Waals surface area (Å²) in [5, 5.41) is 1.26. The maximum absolute atomic E-state index is 11.2. The molecule has 3 N–H and O–H groups in total. The van der Waals surface area contributed by atoms with Crippen LogP contribution in [0.5, 0.6) is 0 Å². The summed E-state index contributed by atoms with van der Waals surface area (Å²) in [5.74, 6) is 0.600. The van der Waals surface area contributed by atoms with E-state index in [1.54, 1.807) is 0 Å². The van der Waals surface area contributed by atoms with Crippen molar-refractivity contribution in [2.75, 3.05) is 19.6 Å². The zero-order valence-electron chi connectivity index (χ0n) is 19.7. The van der Waals surface area contributed by atoms with E-state index in [9.17, 15) is 4.79 Å². The molecule has 0 unspecified atom stereocenters. The summed E-state index contributed by atoms with van der Waals surface area (Å²) in [5.41, 5.74) is 9.44. The number of H-pyrrole nitrogens is 1. The van der Waals surface area contributed by atoms with Crippen molar-refractivity contribution < 1.29 is 14.1 Å². The second-order valence-electron chi connectivity index (χ2n) is 10.5. The fraction of sp³-hybridized carbons (Fsp3) is 0.625. The highest BCUT2D eigenvalue weighted by atomic mass is 16.7. The Bertz CT molecular complexity index is 958. The zero-order valence-corrected chi connectivity index (χ0v) is 19.7. The molecule has 0 spiro atoms. The van der Waals surface area contributed by atoms with Crippen molar-refractivity contribution >= 4 is 29.5 Å². The Kier molecular flexibility index (Phi) is 5.73. The fourth-order valence-corrected chi connectivity index (χ4v) is 4.92. The van der Waals surface area contributed by atoms with Crippen molar-refractivity contribution in [1.29, 1.82) is 0 Å². The number of amides is 1. The molecule has 0 radical (unpaired) electrons. The van der Waals surface area contributed by atoms with Gasteiger partial charge in [-0.15, -0.1) is 0 Å². The van der Waals surface area contributed by atoms with Gasteiger partial charge in [0.05, 0.1) is 17.7 Å². The number of benzene rings is 1. The Morgan fingerprint density at radius 3 is 2.35 bits per heavy atom. The van der Waals surface area contributed by atoms with Gasteiger partial charge in [0.25, 0.3) is 0 Å². The lowest BCUT2D eigenvalue weighted by Crippen LogP contribution is -2.41. The summed E-state index contributed by atoms with van der Waals surface area (Å²) in [4.78, 5) is 17.0. The number of hydrogen-bond acceptors (Lipinski definition) is 4. The minimum Gasteiger partial charge on any atom is -0.398 e. The quantitative estimate of drug-likeness (QED) is 0.721. The van der Waals surface area contributed by atoms with Crippen LogP contribution in [0.25, 0.3) is 10.9 Å². The highest BCUT2D eigenvalue weighted by Crippen LogP contribution is 2.38. The van der Waals surface area contributed by atoms with Gasteiger partial charge in [-0.2, -0.15) is 0 Å². The van der Waals surface area contributed by atoms with Crippen LogP contribution in [0.3, 0.4) is 0 Å². The maximum atomic E-state index is 11.2. The van der Waals surface area contributed by atoms with Gasteiger partial charge >= 0.3 is 7.12 Å². The number of likely N-dealkylation sites (tertiary alicyclic amines) is 1. The predicted octanol–water partition coefficient (Wildman–Crippen LogP) is 3.26. The van der Waals surface area contributed by atoms with E-state index in [0.717, 1.165) is 37.0 Å². The number of piperidine rings is 1. The van der Waals surface area contributed by atoms with Gasteiger partial charge < -0.3 is 20.0 Å². The first-order chi connectivity index (χ1) is 14.5. The standard InChI is InChI=1S/C24H36BN3O3/c1-15(2)21-18-13-17(16-9-11-28(12-10-16)14-20(26)29)7-8-19(18)27-22(21)25-30-23(3,4)24(5,6)31-25/h7-8,13,15-16,27H,9-12,14H2,1-6H3,(H2,26,29). The lowest BCUT2D eigenvalue weighted by atomic mass is 9.78. The molecule has 2 aliphatic rings. The van der Waals surface area contributed by atoms with Crippen LogP contribution in [0.15, 0.2) is 18.2 Å². The smallest absolute Gasteiger partial charge is 0.398 e. The molecule has 1 aromatic heterocycles. The number of carbonyl (C=O) groups excluding carboxylic acids is 1. The first kappa shape index (κ1) is 22.4. The van der Waals surface area contributed by atoms with Crippen LogP contribution in [0.2, 0.25) is 0 Å². The summed E-state index contributed by atoms with van der Waals surface area (Å²) in [7, 11) is -0.393. The Hall–Kier alpha value is -1.83. The number of nitrogens with two attached hydrogens (primary N) is 1. The second kappa shape index (κ2) is 7.94. The molecule has 2 saturated heterocycles. The van der Waals surface area contributed by atoms with Gasteiger partial charge in [-0.25, -0.2) is 0 Å². The number of primary amides is 1. The van der Waals surface area contributed by atoms with E-state index in [0.29, 0.717) is 18.4 Å². The first-order valence-electron chi connectivity index (χ1n) is 11.5. The molecule has 4 rings (SSSR count). The second-order valence-corrected chi connectivity index (χ2v) is 10.5. The van der Waals surface area contributed by atoms with E-state index in [2.05, 4.69) is 69.6 Å². The number of hydrogen-bond donors (Lipinski definition) is 2. The molecular weight excluding hydrogens is 389 g/mol. The topological polar surface area (TPSA) is 80.6 Å². The van der Waals surface area contributed by atoms with Gasteiger partial charge in [0, 0.05) is 16.5 Å². The molecule has 2 aliphatic heterocycles. The van der Waals surface area contributed by atoms with Crippen molar-refractivity contribution in [3.05, 3.63) is 29.3 Å². The molecule has 0 aliphatic carbocycles. The number of aromatic amines is 1. The molecule has 2 aromatic rings. The van der Waals surface area contributed by atoms with Crippen molar-refractivity contribution in [3.63, 3.8) is 0 Å². The summed E-state index contributed by atoms with van der Waals surface area (Å²) >= 11 is 0. The SMILES string of the molecule is CC(C)c1c(B2OC(C)(C)C(C)(C)O2)[nH]c2ccc(C3CCN(CC(N)=O)CC3)cc12. The zero-order chi connectivity index (χ0) is 22.6. The molecule has 31 heavy (non-hydrogen) atoms. The lowest BCUT2D eigenvalue weighted by Gasteiger charge is -2.32. The van der Waals surface area contributed by atoms with Crippen LogP contribution in [0.4, 0.5) is 0 Å². The van der Waals surface area contributed by atoms with Crippen LogP contribution < -0.4 is 11.3 Å². The molecule has 7 heteroatoms. The molecule has 1 aromatic carbocycles. The van der Waals surface area contributed by atoms with Crippen molar-refractivity contribution in [1.82, 2.24) is 9.88 Å². The Morgan fingerprint density at radius 1 is 1.19 bits per heavy atom.